The van der Waals surface area contributed by atoms with Gasteiger partial charge in [0.2, 0.25) is 0 Å². The zero-order valence-electron chi connectivity index (χ0n) is 14.1. The first kappa shape index (κ1) is 15.0. The molecule has 3 unspecified atom stereocenters. The van der Waals surface area contributed by atoms with Gasteiger partial charge in [-0.05, 0) is 50.5 Å². The lowest BCUT2D eigenvalue weighted by molar-refractivity contribution is -0.122. The van der Waals surface area contributed by atoms with Crippen LogP contribution in [-0.4, -0.2) is 22.3 Å². The summed E-state index contributed by atoms with van der Waals surface area (Å²) in [5, 5.41) is 0. The normalized spacial score (nSPS) is 33.7. The van der Waals surface area contributed by atoms with Gasteiger partial charge in [-0.3, -0.25) is 4.79 Å². The Morgan fingerprint density at radius 2 is 1.91 bits per heavy atom. The summed E-state index contributed by atoms with van der Waals surface area (Å²) in [6, 6.07) is 11.4. The molecule has 2 nitrogen and oxygen atoms in total. The Morgan fingerprint density at radius 1 is 1.13 bits per heavy atom. The molecule has 3 atom stereocenters. The third-order valence-corrected chi connectivity index (χ3v) is 6.32. The Labute approximate surface area is 139 Å². The van der Waals surface area contributed by atoms with Crippen LogP contribution in [0.4, 0.5) is 0 Å². The van der Waals surface area contributed by atoms with E-state index in [1.165, 1.54) is 49.8 Å². The first-order chi connectivity index (χ1) is 11.2. The summed E-state index contributed by atoms with van der Waals surface area (Å²) >= 11 is 0. The average Bonchev–Trinajstić information content (AvgIpc) is 2.54. The van der Waals surface area contributed by atoms with Gasteiger partial charge in [0.1, 0.15) is 0 Å². The Hall–Kier alpha value is -1.57. The number of hydrogen-bond acceptors (Lipinski definition) is 2. The second kappa shape index (κ2) is 5.81. The molecule has 2 heterocycles. The molecule has 1 saturated heterocycles. The van der Waals surface area contributed by atoms with E-state index in [1.54, 1.807) is 0 Å². The molecule has 2 heteroatoms. The van der Waals surface area contributed by atoms with E-state index in [0.717, 1.165) is 12.3 Å². The number of fused-ring (bicyclic) bond motifs is 3. The predicted octanol–water partition coefficient (Wildman–Crippen LogP) is 4.50. The summed E-state index contributed by atoms with van der Waals surface area (Å²) in [7, 11) is 0. The number of rotatable bonds is 2. The van der Waals surface area contributed by atoms with Crippen LogP contribution < -0.4 is 0 Å². The van der Waals surface area contributed by atoms with Crippen molar-refractivity contribution in [1.29, 1.82) is 0 Å². The second-order valence-electron chi connectivity index (χ2n) is 7.84. The molecule has 0 aromatic heterocycles. The fourth-order valence-electron chi connectivity index (χ4n) is 5.49. The molecule has 23 heavy (non-hydrogen) atoms. The highest BCUT2D eigenvalue weighted by Crippen LogP contribution is 2.48. The smallest absolute Gasteiger partial charge is 0.159 e. The molecule has 0 amide bonds. The van der Waals surface area contributed by atoms with E-state index in [-0.39, 0.29) is 5.54 Å². The van der Waals surface area contributed by atoms with Crippen LogP contribution in [0, 0.1) is 5.92 Å². The Balaban J connectivity index is 1.72. The molecule has 122 valence electrons. The van der Waals surface area contributed by atoms with Crippen LogP contribution in [0.2, 0.25) is 0 Å². The molecule has 3 aliphatic rings. The summed E-state index contributed by atoms with van der Waals surface area (Å²) in [6.07, 6.45) is 11.5. The summed E-state index contributed by atoms with van der Waals surface area (Å²) in [6.45, 7) is 2.16. The fourth-order valence-corrected chi connectivity index (χ4v) is 5.49. The predicted molar refractivity (Wildman–Crippen MR) is 93.1 cm³/mol. The number of piperidine rings is 1. The standard InChI is InChI=1S/C21H27NO/c1-16-13-19(23)15-21(14-17-7-3-2-4-8-17)12-11-18-9-5-6-10-20(18)22(16)21/h2-4,7-8,13,18,20H,5-6,9-12,14-15H2,1H3. The summed E-state index contributed by atoms with van der Waals surface area (Å²) in [4.78, 5) is 15.1. The van der Waals surface area contributed by atoms with Crippen LogP contribution in [0.5, 0.6) is 0 Å². The van der Waals surface area contributed by atoms with E-state index in [2.05, 4.69) is 42.2 Å². The number of hydrogen-bond donors (Lipinski definition) is 0. The summed E-state index contributed by atoms with van der Waals surface area (Å²) < 4.78 is 0. The lowest BCUT2D eigenvalue weighted by Gasteiger charge is -2.59. The van der Waals surface area contributed by atoms with Gasteiger partial charge in [-0.1, -0.05) is 43.2 Å². The highest BCUT2D eigenvalue weighted by atomic mass is 16.1. The van der Waals surface area contributed by atoms with Crippen molar-refractivity contribution >= 4 is 5.78 Å². The lowest BCUT2D eigenvalue weighted by Crippen LogP contribution is -2.62. The minimum absolute atomic E-state index is 0.0236. The van der Waals surface area contributed by atoms with E-state index < -0.39 is 0 Å². The van der Waals surface area contributed by atoms with Crippen LogP contribution in [0.1, 0.15) is 57.4 Å². The van der Waals surface area contributed by atoms with Crippen LogP contribution >= 0.6 is 0 Å². The van der Waals surface area contributed by atoms with Gasteiger partial charge in [0, 0.05) is 24.2 Å². The first-order valence-corrected chi connectivity index (χ1v) is 9.22. The van der Waals surface area contributed by atoms with Crippen LogP contribution in [0.3, 0.4) is 0 Å². The first-order valence-electron chi connectivity index (χ1n) is 9.22. The summed E-state index contributed by atoms with van der Waals surface area (Å²) in [5.41, 5.74) is 2.61. The van der Waals surface area contributed by atoms with Crippen molar-refractivity contribution in [3.8, 4) is 0 Å². The molecule has 2 fully saturated rings. The molecular formula is C21H27NO. The van der Waals surface area contributed by atoms with Crippen molar-refractivity contribution in [1.82, 2.24) is 4.90 Å². The van der Waals surface area contributed by atoms with Crippen molar-refractivity contribution in [3.63, 3.8) is 0 Å². The van der Waals surface area contributed by atoms with Gasteiger partial charge in [0.05, 0.1) is 5.54 Å². The highest BCUT2D eigenvalue weighted by Gasteiger charge is 2.50. The topological polar surface area (TPSA) is 20.3 Å². The van der Waals surface area contributed by atoms with E-state index in [9.17, 15) is 4.79 Å². The molecule has 4 rings (SSSR count). The Morgan fingerprint density at radius 3 is 2.74 bits per heavy atom. The van der Waals surface area contributed by atoms with Crippen molar-refractivity contribution < 1.29 is 4.79 Å². The number of carbonyl (C=O) groups excluding carboxylic acids is 1. The molecule has 0 radical (unpaired) electrons. The minimum atomic E-state index is 0.0236. The molecule has 2 aliphatic heterocycles. The largest absolute Gasteiger partial charge is 0.365 e. The maximum atomic E-state index is 12.4. The van der Waals surface area contributed by atoms with Crippen LogP contribution in [-0.2, 0) is 11.2 Å². The Bertz CT molecular complexity index is 620. The highest BCUT2D eigenvalue weighted by molar-refractivity contribution is 5.92. The van der Waals surface area contributed by atoms with Gasteiger partial charge in [0.15, 0.2) is 5.78 Å². The number of benzene rings is 1. The van der Waals surface area contributed by atoms with Gasteiger partial charge in [-0.15, -0.1) is 0 Å². The maximum Gasteiger partial charge on any atom is 0.159 e. The maximum absolute atomic E-state index is 12.4. The van der Waals surface area contributed by atoms with E-state index >= 15 is 0 Å². The number of allylic oxidation sites excluding steroid dienone is 2. The Kier molecular flexibility index (Phi) is 3.79. The minimum Gasteiger partial charge on any atom is -0.365 e. The monoisotopic (exact) mass is 309 g/mol. The molecular weight excluding hydrogens is 282 g/mol. The zero-order valence-corrected chi connectivity index (χ0v) is 14.1. The third-order valence-electron chi connectivity index (χ3n) is 6.32. The molecule has 0 spiro atoms. The fraction of sp³-hybridized carbons (Fsp3) is 0.571. The molecule has 1 saturated carbocycles. The van der Waals surface area contributed by atoms with Crippen molar-refractivity contribution in [2.45, 2.75) is 69.9 Å². The van der Waals surface area contributed by atoms with Gasteiger partial charge < -0.3 is 4.90 Å². The van der Waals surface area contributed by atoms with Crippen LogP contribution in [0.15, 0.2) is 42.1 Å². The number of nitrogens with zero attached hydrogens (tertiary/aromatic N) is 1. The number of carbonyl (C=O) groups is 1. The SMILES string of the molecule is CC1=CC(=O)CC2(Cc3ccccc3)CCC3CCCCC3N12. The lowest BCUT2D eigenvalue weighted by atomic mass is 9.67. The van der Waals surface area contributed by atoms with Gasteiger partial charge in [-0.2, -0.15) is 0 Å². The van der Waals surface area contributed by atoms with Gasteiger partial charge >= 0.3 is 0 Å². The summed E-state index contributed by atoms with van der Waals surface area (Å²) in [5.74, 6) is 1.16. The molecule has 0 N–H and O–H groups in total. The van der Waals surface area contributed by atoms with Gasteiger partial charge in [0.25, 0.3) is 0 Å². The van der Waals surface area contributed by atoms with Gasteiger partial charge in [-0.25, -0.2) is 0 Å². The second-order valence-corrected chi connectivity index (χ2v) is 7.84. The van der Waals surface area contributed by atoms with E-state index in [1.807, 2.05) is 6.08 Å². The van der Waals surface area contributed by atoms with Crippen molar-refractivity contribution in [2.24, 2.45) is 5.92 Å². The van der Waals surface area contributed by atoms with E-state index in [4.69, 9.17) is 0 Å². The van der Waals surface area contributed by atoms with Crippen molar-refractivity contribution in [2.75, 3.05) is 0 Å². The van der Waals surface area contributed by atoms with E-state index in [0.29, 0.717) is 18.2 Å². The molecule has 0 bridgehead atoms. The zero-order chi connectivity index (χ0) is 15.9. The molecule has 1 aromatic carbocycles. The molecule has 1 aromatic rings. The number of ketones is 1. The van der Waals surface area contributed by atoms with Crippen LogP contribution in [0.25, 0.3) is 0 Å². The van der Waals surface area contributed by atoms with Crippen molar-refractivity contribution in [3.05, 3.63) is 47.7 Å². The third kappa shape index (κ3) is 2.62. The average molecular weight is 309 g/mol. The molecule has 1 aliphatic carbocycles. The quantitative estimate of drug-likeness (QED) is 0.801.